The van der Waals surface area contributed by atoms with Crippen molar-refractivity contribution in [1.82, 2.24) is 4.90 Å². The van der Waals surface area contributed by atoms with E-state index in [9.17, 15) is 14.3 Å². The number of rotatable bonds is 4. The Kier molecular flexibility index (Phi) is 5.97. The fourth-order valence-electron chi connectivity index (χ4n) is 3.92. The van der Waals surface area contributed by atoms with Gasteiger partial charge in [-0.25, -0.2) is 9.18 Å². The molecular weight excluding hydrogens is 407 g/mol. The number of nitrogens with zero attached hydrogens (tertiary/aromatic N) is 1. The Bertz CT molecular complexity index is 966. The number of hydrogen-bond acceptors (Lipinski definition) is 6. The number of carbonyl (C=O) groups is 1. The van der Waals surface area contributed by atoms with Gasteiger partial charge < -0.3 is 19.9 Å². The predicted molar refractivity (Wildman–Crippen MR) is 114 cm³/mol. The van der Waals surface area contributed by atoms with Crippen LogP contribution in [0, 0.1) is 5.82 Å². The molecule has 0 radical (unpaired) electrons. The number of aliphatic hydroxyl groups is 1. The molecule has 8 heteroatoms. The van der Waals surface area contributed by atoms with E-state index in [-0.39, 0.29) is 18.0 Å². The van der Waals surface area contributed by atoms with E-state index >= 15 is 0 Å². The van der Waals surface area contributed by atoms with Crippen LogP contribution in [0.1, 0.15) is 43.0 Å². The number of allylic oxidation sites excluding steroid dienone is 1. The summed E-state index contributed by atoms with van der Waals surface area (Å²) in [7, 11) is 1.36. The largest absolute Gasteiger partial charge is 0.488 e. The maximum absolute atomic E-state index is 14.0. The van der Waals surface area contributed by atoms with Crippen LogP contribution in [0.4, 0.5) is 14.9 Å². The molecule has 160 valence electrons. The van der Waals surface area contributed by atoms with Crippen molar-refractivity contribution < 1.29 is 23.8 Å². The molecule has 0 saturated heterocycles. The number of methoxy groups -OCH3 is 1. The molecule has 1 aliphatic carbocycles. The van der Waals surface area contributed by atoms with Gasteiger partial charge in [0, 0.05) is 22.2 Å². The number of hydrogen-bond donors (Lipinski definition) is 2. The van der Waals surface area contributed by atoms with Crippen LogP contribution < -0.4 is 10.1 Å². The first-order valence-electron chi connectivity index (χ1n) is 10.0. The van der Waals surface area contributed by atoms with Crippen molar-refractivity contribution in [3.63, 3.8) is 0 Å². The Labute approximate surface area is 178 Å². The fourth-order valence-corrected chi connectivity index (χ4v) is 4.79. The van der Waals surface area contributed by atoms with E-state index in [0.29, 0.717) is 30.8 Å². The molecular formula is C22H25FN2O4S. The fraction of sp³-hybridized carbons (Fsp3) is 0.409. The third-order valence-corrected chi connectivity index (χ3v) is 6.52. The van der Waals surface area contributed by atoms with Crippen molar-refractivity contribution >= 4 is 28.8 Å². The summed E-state index contributed by atoms with van der Waals surface area (Å²) >= 11 is 1.57. The van der Waals surface area contributed by atoms with Gasteiger partial charge >= 0.3 is 6.09 Å². The predicted octanol–water partition coefficient (Wildman–Crippen LogP) is 4.95. The lowest BCUT2D eigenvalue weighted by Gasteiger charge is -2.31. The summed E-state index contributed by atoms with van der Waals surface area (Å²) in [5.74, 6) is 0.0387. The normalized spacial score (nSPS) is 21.3. The average Bonchev–Trinajstić information content (AvgIpc) is 3.21. The van der Waals surface area contributed by atoms with Gasteiger partial charge in [0.15, 0.2) is 0 Å². The van der Waals surface area contributed by atoms with E-state index in [0.717, 1.165) is 34.7 Å². The van der Waals surface area contributed by atoms with Crippen LogP contribution in [-0.2, 0) is 11.3 Å². The third kappa shape index (κ3) is 4.15. The van der Waals surface area contributed by atoms with Crippen LogP contribution in [0.2, 0.25) is 0 Å². The van der Waals surface area contributed by atoms with Crippen LogP contribution in [0.5, 0.6) is 5.75 Å². The minimum Gasteiger partial charge on any atom is -0.488 e. The maximum Gasteiger partial charge on any atom is 0.414 e. The zero-order valence-corrected chi connectivity index (χ0v) is 17.8. The van der Waals surface area contributed by atoms with E-state index in [1.165, 1.54) is 19.2 Å². The van der Waals surface area contributed by atoms with Gasteiger partial charge in [-0.05, 0) is 56.2 Å². The molecule has 0 spiro atoms. The molecule has 1 aromatic heterocycles. The quantitative estimate of drug-likeness (QED) is 0.715. The van der Waals surface area contributed by atoms with E-state index < -0.39 is 6.09 Å². The summed E-state index contributed by atoms with van der Waals surface area (Å²) in [5.41, 5.74) is 3.12. The first-order valence-corrected chi connectivity index (χ1v) is 10.9. The van der Waals surface area contributed by atoms with Gasteiger partial charge in [-0.2, -0.15) is 0 Å². The molecule has 2 aromatic rings. The highest BCUT2D eigenvalue weighted by molar-refractivity contribution is 7.10. The topological polar surface area (TPSA) is 71.0 Å². The minimum atomic E-state index is -0.429. The van der Waals surface area contributed by atoms with E-state index in [2.05, 4.69) is 5.32 Å². The monoisotopic (exact) mass is 432 g/mol. The molecule has 4 rings (SSSR count). The minimum absolute atomic E-state index is 0.0690. The summed E-state index contributed by atoms with van der Waals surface area (Å²) in [6.45, 7) is 2.31. The Morgan fingerprint density at radius 2 is 2.03 bits per heavy atom. The lowest BCUT2D eigenvalue weighted by Crippen LogP contribution is -2.33. The first kappa shape index (κ1) is 20.7. The van der Waals surface area contributed by atoms with Gasteiger partial charge in [-0.3, -0.25) is 4.90 Å². The zero-order chi connectivity index (χ0) is 21.3. The number of nitrogens with one attached hydrogen (secondary N) is 1. The van der Waals surface area contributed by atoms with Gasteiger partial charge in [0.05, 0.1) is 37.2 Å². The van der Waals surface area contributed by atoms with Crippen molar-refractivity contribution in [1.29, 1.82) is 0 Å². The second-order valence-electron chi connectivity index (χ2n) is 7.59. The molecule has 1 aromatic carbocycles. The summed E-state index contributed by atoms with van der Waals surface area (Å²) in [4.78, 5) is 14.9. The second-order valence-corrected chi connectivity index (χ2v) is 8.59. The number of thiophene rings is 1. The Morgan fingerprint density at radius 3 is 2.77 bits per heavy atom. The van der Waals surface area contributed by atoms with Gasteiger partial charge in [0.25, 0.3) is 0 Å². The SMILES string of the molecule is COC(=O)N1Cc2sccc2C(Nc2ccc(F)cc2OC2CCC(O)CC2)=C1C. The highest BCUT2D eigenvalue weighted by atomic mass is 32.1. The Balaban J connectivity index is 1.65. The number of anilines is 1. The van der Waals surface area contributed by atoms with Crippen molar-refractivity contribution in [2.45, 2.75) is 51.4 Å². The molecule has 1 saturated carbocycles. The van der Waals surface area contributed by atoms with Gasteiger partial charge in [0.1, 0.15) is 11.6 Å². The van der Waals surface area contributed by atoms with E-state index in [1.54, 1.807) is 22.3 Å². The van der Waals surface area contributed by atoms with Crippen LogP contribution in [0.15, 0.2) is 35.3 Å². The second kappa shape index (κ2) is 8.65. The molecule has 2 N–H and O–H groups in total. The summed E-state index contributed by atoms with van der Waals surface area (Å²) in [6.07, 6.45) is 2.03. The standard InChI is InChI=1S/C22H25FN2O4S/c1-13-21(17-9-10-30-20(17)12-25(13)22(27)28-2)24-18-8-3-14(23)11-19(18)29-16-6-4-15(26)5-7-16/h3,8-11,15-16,24,26H,4-7,12H2,1-2H3. The number of aliphatic hydroxyl groups excluding tert-OH is 1. The molecule has 0 unspecified atom stereocenters. The van der Waals surface area contributed by atoms with Crippen molar-refractivity contribution in [2.75, 3.05) is 12.4 Å². The zero-order valence-electron chi connectivity index (χ0n) is 17.0. The highest BCUT2D eigenvalue weighted by Crippen LogP contribution is 2.38. The smallest absolute Gasteiger partial charge is 0.414 e. The summed E-state index contributed by atoms with van der Waals surface area (Å²) in [5, 5.41) is 15.1. The van der Waals surface area contributed by atoms with Gasteiger partial charge in [-0.1, -0.05) is 0 Å². The van der Waals surface area contributed by atoms with Crippen LogP contribution in [0.25, 0.3) is 5.70 Å². The van der Waals surface area contributed by atoms with Gasteiger partial charge in [-0.15, -0.1) is 11.3 Å². The molecule has 2 aliphatic rings. The van der Waals surface area contributed by atoms with Crippen molar-refractivity contribution in [2.24, 2.45) is 0 Å². The Morgan fingerprint density at radius 1 is 1.27 bits per heavy atom. The number of halogens is 1. The van der Waals surface area contributed by atoms with E-state index in [1.807, 2.05) is 18.4 Å². The van der Waals surface area contributed by atoms with Crippen LogP contribution in [0.3, 0.4) is 0 Å². The number of amides is 1. The van der Waals surface area contributed by atoms with E-state index in [4.69, 9.17) is 9.47 Å². The molecule has 30 heavy (non-hydrogen) atoms. The molecule has 0 atom stereocenters. The molecule has 1 aliphatic heterocycles. The number of benzene rings is 1. The lowest BCUT2D eigenvalue weighted by molar-refractivity contribution is 0.0668. The molecule has 1 amide bonds. The molecule has 1 fully saturated rings. The van der Waals surface area contributed by atoms with Crippen molar-refractivity contribution in [3.05, 3.63) is 51.6 Å². The molecule has 6 nitrogen and oxygen atoms in total. The molecule has 2 heterocycles. The summed E-state index contributed by atoms with van der Waals surface area (Å²) in [6, 6.07) is 6.41. The van der Waals surface area contributed by atoms with Crippen molar-refractivity contribution in [3.8, 4) is 5.75 Å². The maximum atomic E-state index is 14.0. The van der Waals surface area contributed by atoms with Crippen LogP contribution >= 0.6 is 11.3 Å². The van der Waals surface area contributed by atoms with Gasteiger partial charge in [0.2, 0.25) is 0 Å². The summed E-state index contributed by atoms with van der Waals surface area (Å²) < 4.78 is 25.0. The lowest BCUT2D eigenvalue weighted by atomic mass is 9.95. The average molecular weight is 433 g/mol. The number of fused-ring (bicyclic) bond motifs is 1. The highest BCUT2D eigenvalue weighted by Gasteiger charge is 2.29. The number of carbonyl (C=O) groups excluding carboxylic acids is 1. The van der Waals surface area contributed by atoms with Crippen LogP contribution in [-0.4, -0.2) is 35.4 Å². The number of ether oxygens (including phenoxy) is 2. The third-order valence-electron chi connectivity index (χ3n) is 5.62. The molecule has 0 bridgehead atoms. The first-order chi connectivity index (χ1) is 14.5. The Hall–Kier alpha value is -2.58.